The van der Waals surface area contributed by atoms with Gasteiger partial charge in [0.1, 0.15) is 0 Å². The number of nitrogens with one attached hydrogen (secondary N) is 1. The molecule has 0 aromatic heterocycles. The number of carbonyl (C=O) groups excluding carboxylic acids is 2. The zero-order valence-corrected chi connectivity index (χ0v) is 16.7. The number of benzene rings is 2. The molecule has 1 fully saturated rings. The highest BCUT2D eigenvalue weighted by molar-refractivity contribution is 5.96. The molecular formula is C23H29N3O2. The molecule has 2 aromatic rings. The summed E-state index contributed by atoms with van der Waals surface area (Å²) in [6, 6.07) is 15.4. The minimum absolute atomic E-state index is 0.0779. The molecule has 5 heteroatoms. The first-order chi connectivity index (χ1) is 13.5. The number of aryl methyl sites for hydroxylation is 1. The third kappa shape index (κ3) is 4.53. The first-order valence-corrected chi connectivity index (χ1v) is 10.00. The van der Waals surface area contributed by atoms with E-state index in [4.69, 9.17) is 5.73 Å². The Morgan fingerprint density at radius 3 is 2.46 bits per heavy atom. The number of nitrogen functional groups attached to an aromatic ring is 1. The molecule has 0 saturated carbocycles. The summed E-state index contributed by atoms with van der Waals surface area (Å²) in [4.78, 5) is 27.5. The Balaban J connectivity index is 1.57. The fraction of sp³-hybridized carbons (Fsp3) is 0.391. The molecule has 1 aliphatic rings. The Hall–Kier alpha value is -2.82. The van der Waals surface area contributed by atoms with Gasteiger partial charge in [-0.3, -0.25) is 9.59 Å². The molecule has 1 atom stereocenters. The smallest absolute Gasteiger partial charge is 0.251 e. The van der Waals surface area contributed by atoms with Crippen LogP contribution in [0.5, 0.6) is 0 Å². The number of rotatable bonds is 5. The van der Waals surface area contributed by atoms with E-state index in [2.05, 4.69) is 12.2 Å². The lowest BCUT2D eigenvalue weighted by atomic mass is 9.93. The van der Waals surface area contributed by atoms with E-state index in [1.54, 1.807) is 12.1 Å². The molecular weight excluding hydrogens is 350 g/mol. The largest absolute Gasteiger partial charge is 0.399 e. The van der Waals surface area contributed by atoms with Gasteiger partial charge in [-0.05, 0) is 49.4 Å². The molecule has 1 unspecified atom stereocenters. The summed E-state index contributed by atoms with van der Waals surface area (Å²) in [6.45, 7) is 5.30. The maximum atomic E-state index is 13.0. The molecule has 1 aliphatic heterocycles. The Bertz CT molecular complexity index is 827. The van der Waals surface area contributed by atoms with Gasteiger partial charge in [0, 0.05) is 30.4 Å². The van der Waals surface area contributed by atoms with Gasteiger partial charge in [-0.2, -0.15) is 0 Å². The van der Waals surface area contributed by atoms with Crippen LogP contribution in [-0.2, 0) is 4.79 Å². The van der Waals surface area contributed by atoms with Crippen molar-refractivity contribution < 1.29 is 9.59 Å². The van der Waals surface area contributed by atoms with Gasteiger partial charge in [-0.15, -0.1) is 0 Å². The number of nitrogens with zero attached hydrogens (tertiary/aromatic N) is 1. The highest BCUT2D eigenvalue weighted by atomic mass is 16.2. The molecule has 28 heavy (non-hydrogen) atoms. The van der Waals surface area contributed by atoms with Crippen LogP contribution in [0, 0.1) is 6.92 Å². The fourth-order valence-corrected chi connectivity index (χ4v) is 3.85. The van der Waals surface area contributed by atoms with Crippen LogP contribution >= 0.6 is 0 Å². The van der Waals surface area contributed by atoms with Crippen molar-refractivity contribution in [1.29, 1.82) is 0 Å². The number of piperidine rings is 1. The number of hydrogen-bond donors (Lipinski definition) is 2. The third-order valence-electron chi connectivity index (χ3n) is 5.56. The van der Waals surface area contributed by atoms with Crippen molar-refractivity contribution in [2.75, 3.05) is 18.8 Å². The van der Waals surface area contributed by atoms with Crippen molar-refractivity contribution in [3.05, 3.63) is 65.2 Å². The molecule has 148 valence electrons. The number of carbonyl (C=O) groups is 2. The van der Waals surface area contributed by atoms with E-state index in [-0.39, 0.29) is 23.8 Å². The second kappa shape index (κ2) is 8.91. The SMILES string of the molecule is CCC(C(=O)N1CCC(NC(=O)c2cc(N)ccc2C)CC1)c1ccccc1. The van der Waals surface area contributed by atoms with Gasteiger partial charge in [-0.25, -0.2) is 0 Å². The third-order valence-corrected chi connectivity index (χ3v) is 5.56. The van der Waals surface area contributed by atoms with E-state index in [1.807, 2.05) is 48.2 Å². The molecule has 2 aromatic carbocycles. The van der Waals surface area contributed by atoms with E-state index in [0.29, 0.717) is 24.3 Å². The first-order valence-electron chi connectivity index (χ1n) is 10.00. The predicted molar refractivity (Wildman–Crippen MR) is 112 cm³/mol. The Kier molecular flexibility index (Phi) is 6.34. The van der Waals surface area contributed by atoms with Gasteiger partial charge in [0.15, 0.2) is 0 Å². The second-order valence-electron chi connectivity index (χ2n) is 7.52. The zero-order valence-electron chi connectivity index (χ0n) is 16.7. The minimum atomic E-state index is -0.0951. The molecule has 5 nitrogen and oxygen atoms in total. The quantitative estimate of drug-likeness (QED) is 0.781. The zero-order chi connectivity index (χ0) is 20.1. The lowest BCUT2D eigenvalue weighted by molar-refractivity contribution is -0.134. The summed E-state index contributed by atoms with van der Waals surface area (Å²) in [5, 5.41) is 3.11. The van der Waals surface area contributed by atoms with Crippen molar-refractivity contribution in [3.8, 4) is 0 Å². The van der Waals surface area contributed by atoms with E-state index < -0.39 is 0 Å². The summed E-state index contributed by atoms with van der Waals surface area (Å²) >= 11 is 0. The second-order valence-corrected chi connectivity index (χ2v) is 7.52. The molecule has 2 amide bonds. The highest BCUT2D eigenvalue weighted by Gasteiger charge is 2.29. The maximum Gasteiger partial charge on any atom is 0.251 e. The number of amides is 2. The number of hydrogen-bond acceptors (Lipinski definition) is 3. The van der Waals surface area contributed by atoms with E-state index >= 15 is 0 Å². The normalized spacial score (nSPS) is 15.9. The Morgan fingerprint density at radius 2 is 1.82 bits per heavy atom. The van der Waals surface area contributed by atoms with Crippen molar-refractivity contribution >= 4 is 17.5 Å². The van der Waals surface area contributed by atoms with E-state index in [1.165, 1.54) is 0 Å². The molecule has 1 saturated heterocycles. The lowest BCUT2D eigenvalue weighted by Gasteiger charge is -2.34. The average Bonchev–Trinajstić information content (AvgIpc) is 2.71. The molecule has 3 N–H and O–H groups in total. The highest BCUT2D eigenvalue weighted by Crippen LogP contribution is 2.24. The monoisotopic (exact) mass is 379 g/mol. The van der Waals surface area contributed by atoms with Gasteiger partial charge in [0.2, 0.25) is 5.91 Å². The van der Waals surface area contributed by atoms with E-state index in [0.717, 1.165) is 30.4 Å². The maximum absolute atomic E-state index is 13.0. The van der Waals surface area contributed by atoms with Crippen LogP contribution in [0.2, 0.25) is 0 Å². The van der Waals surface area contributed by atoms with Crippen LogP contribution in [0.3, 0.4) is 0 Å². The topological polar surface area (TPSA) is 75.4 Å². The summed E-state index contributed by atoms with van der Waals surface area (Å²) in [5.41, 5.74) is 9.00. The Labute approximate surface area is 166 Å². The summed E-state index contributed by atoms with van der Waals surface area (Å²) in [6.07, 6.45) is 2.32. The molecule has 0 spiro atoms. The van der Waals surface area contributed by atoms with E-state index in [9.17, 15) is 9.59 Å². The van der Waals surface area contributed by atoms with Crippen molar-refractivity contribution in [2.45, 2.75) is 45.1 Å². The van der Waals surface area contributed by atoms with Crippen LogP contribution < -0.4 is 11.1 Å². The van der Waals surface area contributed by atoms with Crippen LogP contribution in [0.25, 0.3) is 0 Å². The molecule has 3 rings (SSSR count). The predicted octanol–water partition coefficient (Wildman–Crippen LogP) is 3.49. The van der Waals surface area contributed by atoms with Gasteiger partial charge in [0.05, 0.1) is 5.92 Å². The Morgan fingerprint density at radius 1 is 1.14 bits per heavy atom. The van der Waals surface area contributed by atoms with Gasteiger partial charge in [0.25, 0.3) is 5.91 Å². The molecule has 0 bridgehead atoms. The minimum Gasteiger partial charge on any atom is -0.399 e. The number of nitrogens with two attached hydrogens (primary N) is 1. The number of likely N-dealkylation sites (tertiary alicyclic amines) is 1. The van der Waals surface area contributed by atoms with Crippen molar-refractivity contribution in [1.82, 2.24) is 10.2 Å². The van der Waals surface area contributed by atoms with Gasteiger partial charge in [-0.1, -0.05) is 43.3 Å². The van der Waals surface area contributed by atoms with Crippen LogP contribution in [0.15, 0.2) is 48.5 Å². The lowest BCUT2D eigenvalue weighted by Crippen LogP contribution is -2.47. The standard InChI is InChI=1S/C23H29N3O2/c1-3-20(17-7-5-4-6-8-17)23(28)26-13-11-19(12-14-26)25-22(27)21-15-18(24)10-9-16(21)2/h4-10,15,19-20H,3,11-14,24H2,1-2H3,(H,25,27). The van der Waals surface area contributed by atoms with Crippen molar-refractivity contribution in [3.63, 3.8) is 0 Å². The molecule has 0 aliphatic carbocycles. The van der Waals surface area contributed by atoms with Crippen LogP contribution in [-0.4, -0.2) is 35.8 Å². The fourth-order valence-electron chi connectivity index (χ4n) is 3.85. The van der Waals surface area contributed by atoms with Gasteiger partial charge >= 0.3 is 0 Å². The molecule has 1 heterocycles. The van der Waals surface area contributed by atoms with Crippen LogP contribution in [0.1, 0.15) is 53.6 Å². The number of anilines is 1. The average molecular weight is 380 g/mol. The first kappa shape index (κ1) is 19.9. The van der Waals surface area contributed by atoms with Gasteiger partial charge < -0.3 is 16.0 Å². The molecule has 0 radical (unpaired) electrons. The summed E-state index contributed by atoms with van der Waals surface area (Å²) in [5.74, 6) is -0.00210. The van der Waals surface area contributed by atoms with Crippen LogP contribution in [0.4, 0.5) is 5.69 Å². The van der Waals surface area contributed by atoms with Crippen molar-refractivity contribution in [2.24, 2.45) is 0 Å². The summed E-state index contributed by atoms with van der Waals surface area (Å²) in [7, 11) is 0. The summed E-state index contributed by atoms with van der Waals surface area (Å²) < 4.78 is 0.